The average molecular weight is 269 g/mol. The molecule has 1 saturated heterocycles. The summed E-state index contributed by atoms with van der Waals surface area (Å²) in [6.45, 7) is 3.73. The van der Waals surface area contributed by atoms with Gasteiger partial charge in [0.25, 0.3) is 0 Å². The Labute approximate surface area is 108 Å². The van der Waals surface area contributed by atoms with E-state index in [-0.39, 0.29) is 11.8 Å². The van der Waals surface area contributed by atoms with Crippen LogP contribution >= 0.6 is 0 Å². The lowest BCUT2D eigenvalue weighted by Crippen LogP contribution is -2.45. The molecule has 0 amide bonds. The molecule has 0 bridgehead atoms. The number of sulfonamides is 1. The molecule has 0 aromatic carbocycles. The lowest BCUT2D eigenvalue weighted by atomic mass is 10.2. The Morgan fingerprint density at radius 1 is 1.44 bits per heavy atom. The fraction of sp³-hybridized carbons (Fsp3) is 0.583. The van der Waals surface area contributed by atoms with Crippen LogP contribution in [0, 0.1) is 0 Å². The molecule has 2 rings (SSSR count). The van der Waals surface area contributed by atoms with Crippen molar-refractivity contribution in [2.75, 3.05) is 18.8 Å². The Morgan fingerprint density at radius 3 is 2.89 bits per heavy atom. The van der Waals surface area contributed by atoms with Crippen LogP contribution in [0.4, 0.5) is 0 Å². The molecule has 1 aliphatic rings. The quantitative estimate of drug-likeness (QED) is 0.854. The first kappa shape index (κ1) is 13.5. The molecule has 0 aliphatic carbocycles. The predicted molar refractivity (Wildman–Crippen MR) is 70.5 cm³/mol. The van der Waals surface area contributed by atoms with E-state index in [1.54, 1.807) is 16.7 Å². The largest absolute Gasteiger partial charge is 0.313 e. The Hall–Kier alpha value is -0.980. The van der Waals surface area contributed by atoms with E-state index in [0.717, 1.165) is 12.1 Å². The fourth-order valence-corrected chi connectivity index (χ4v) is 3.63. The Bertz CT molecular complexity index is 475. The standard InChI is InChI=1S/C12H19N3O2S/c1-11-9-15(10-12-3-6-13-7-4-12)18(16,17)8-2-5-14-11/h3-4,6-7,11,14H,2,5,8-10H2,1H3. The van der Waals surface area contributed by atoms with Gasteiger partial charge in [-0.15, -0.1) is 0 Å². The van der Waals surface area contributed by atoms with Gasteiger partial charge in [0.05, 0.1) is 5.75 Å². The van der Waals surface area contributed by atoms with E-state index in [4.69, 9.17) is 0 Å². The summed E-state index contributed by atoms with van der Waals surface area (Å²) in [6.07, 6.45) is 4.04. The predicted octanol–water partition coefficient (Wildman–Crippen LogP) is 0.595. The summed E-state index contributed by atoms with van der Waals surface area (Å²) < 4.78 is 25.9. The first-order valence-corrected chi connectivity index (χ1v) is 7.79. The molecule has 0 saturated carbocycles. The molecule has 0 radical (unpaired) electrons. The van der Waals surface area contributed by atoms with Crippen LogP contribution in [0.5, 0.6) is 0 Å². The number of rotatable bonds is 2. The highest BCUT2D eigenvalue weighted by Gasteiger charge is 2.25. The second kappa shape index (κ2) is 5.77. The van der Waals surface area contributed by atoms with E-state index >= 15 is 0 Å². The minimum atomic E-state index is -3.14. The molecule has 1 aliphatic heterocycles. The van der Waals surface area contributed by atoms with E-state index in [9.17, 15) is 8.42 Å². The van der Waals surface area contributed by atoms with Gasteiger partial charge < -0.3 is 5.32 Å². The van der Waals surface area contributed by atoms with Crippen molar-refractivity contribution in [1.29, 1.82) is 0 Å². The first-order chi connectivity index (χ1) is 8.58. The summed E-state index contributed by atoms with van der Waals surface area (Å²) in [5, 5.41) is 3.32. The number of aromatic nitrogens is 1. The minimum absolute atomic E-state index is 0.182. The molecular formula is C12H19N3O2S. The highest BCUT2D eigenvalue weighted by molar-refractivity contribution is 7.89. The zero-order valence-electron chi connectivity index (χ0n) is 10.5. The van der Waals surface area contributed by atoms with Gasteiger partial charge in [-0.25, -0.2) is 8.42 Å². The SMILES string of the molecule is CC1CN(Cc2ccncc2)S(=O)(=O)CCCN1. The normalized spacial score (nSPS) is 25.3. The summed E-state index contributed by atoms with van der Waals surface area (Å²) >= 11 is 0. The third-order valence-corrected chi connectivity index (χ3v) is 4.92. The van der Waals surface area contributed by atoms with Gasteiger partial charge in [-0.2, -0.15) is 4.31 Å². The zero-order valence-corrected chi connectivity index (χ0v) is 11.4. The molecule has 2 heterocycles. The number of nitrogens with zero attached hydrogens (tertiary/aromatic N) is 2. The molecule has 1 fully saturated rings. The number of hydrogen-bond donors (Lipinski definition) is 1. The monoisotopic (exact) mass is 269 g/mol. The van der Waals surface area contributed by atoms with Crippen molar-refractivity contribution in [1.82, 2.24) is 14.6 Å². The number of pyridine rings is 1. The van der Waals surface area contributed by atoms with Crippen molar-refractivity contribution < 1.29 is 8.42 Å². The van der Waals surface area contributed by atoms with Crippen molar-refractivity contribution in [3.63, 3.8) is 0 Å². The van der Waals surface area contributed by atoms with Crippen molar-refractivity contribution in [2.45, 2.75) is 25.9 Å². The zero-order chi connectivity index (χ0) is 13.0. The third kappa shape index (κ3) is 3.51. The van der Waals surface area contributed by atoms with E-state index < -0.39 is 10.0 Å². The molecule has 1 unspecified atom stereocenters. The van der Waals surface area contributed by atoms with Crippen LogP contribution in [0.15, 0.2) is 24.5 Å². The summed E-state index contributed by atoms with van der Waals surface area (Å²) in [4.78, 5) is 3.94. The minimum Gasteiger partial charge on any atom is -0.313 e. The van der Waals surface area contributed by atoms with Gasteiger partial charge in [0.1, 0.15) is 0 Å². The van der Waals surface area contributed by atoms with Gasteiger partial charge in [0, 0.05) is 31.5 Å². The van der Waals surface area contributed by atoms with E-state index in [0.29, 0.717) is 19.5 Å². The van der Waals surface area contributed by atoms with Crippen LogP contribution in [-0.2, 0) is 16.6 Å². The lowest BCUT2D eigenvalue weighted by Gasteiger charge is -2.28. The van der Waals surface area contributed by atoms with Crippen molar-refractivity contribution >= 4 is 10.0 Å². The first-order valence-electron chi connectivity index (χ1n) is 6.18. The maximum Gasteiger partial charge on any atom is 0.214 e. The molecule has 0 spiro atoms. The average Bonchev–Trinajstić information content (AvgIpc) is 2.34. The van der Waals surface area contributed by atoms with Gasteiger partial charge in [-0.1, -0.05) is 0 Å². The van der Waals surface area contributed by atoms with Crippen LogP contribution < -0.4 is 5.32 Å². The number of hydrogen-bond acceptors (Lipinski definition) is 4. The van der Waals surface area contributed by atoms with Crippen LogP contribution in [0.2, 0.25) is 0 Å². The Balaban J connectivity index is 2.15. The van der Waals surface area contributed by atoms with Crippen LogP contribution in [0.3, 0.4) is 0 Å². The van der Waals surface area contributed by atoms with E-state index in [2.05, 4.69) is 10.3 Å². The summed E-state index contributed by atoms with van der Waals surface area (Å²) in [6, 6.07) is 3.89. The second-order valence-corrected chi connectivity index (χ2v) is 6.76. The van der Waals surface area contributed by atoms with Crippen LogP contribution in [0.1, 0.15) is 18.9 Å². The molecule has 18 heavy (non-hydrogen) atoms. The fourth-order valence-electron chi connectivity index (χ4n) is 2.07. The molecule has 1 atom stereocenters. The molecular weight excluding hydrogens is 250 g/mol. The topological polar surface area (TPSA) is 62.3 Å². The Kier molecular flexibility index (Phi) is 4.31. The van der Waals surface area contributed by atoms with E-state index in [1.165, 1.54) is 0 Å². The molecule has 100 valence electrons. The van der Waals surface area contributed by atoms with Crippen molar-refractivity contribution in [2.24, 2.45) is 0 Å². The maximum atomic E-state index is 12.2. The van der Waals surface area contributed by atoms with Gasteiger partial charge >= 0.3 is 0 Å². The van der Waals surface area contributed by atoms with Gasteiger partial charge in [-0.05, 0) is 37.6 Å². The highest BCUT2D eigenvalue weighted by Crippen LogP contribution is 2.12. The molecule has 1 aromatic heterocycles. The highest BCUT2D eigenvalue weighted by atomic mass is 32.2. The smallest absolute Gasteiger partial charge is 0.214 e. The summed E-state index contributed by atoms with van der Waals surface area (Å²) in [7, 11) is -3.14. The third-order valence-electron chi connectivity index (χ3n) is 3.05. The van der Waals surface area contributed by atoms with Gasteiger partial charge in [0.2, 0.25) is 10.0 Å². The molecule has 5 nitrogen and oxygen atoms in total. The van der Waals surface area contributed by atoms with Crippen LogP contribution in [0.25, 0.3) is 0 Å². The molecule has 1 N–H and O–H groups in total. The van der Waals surface area contributed by atoms with E-state index in [1.807, 2.05) is 19.1 Å². The maximum absolute atomic E-state index is 12.2. The molecule has 1 aromatic rings. The van der Waals surface area contributed by atoms with Gasteiger partial charge in [0.15, 0.2) is 0 Å². The van der Waals surface area contributed by atoms with Gasteiger partial charge in [-0.3, -0.25) is 4.98 Å². The molecule has 6 heteroatoms. The second-order valence-electron chi connectivity index (χ2n) is 4.67. The Morgan fingerprint density at radius 2 is 2.17 bits per heavy atom. The summed E-state index contributed by atoms with van der Waals surface area (Å²) in [5.74, 6) is 0.220. The number of nitrogens with one attached hydrogen (secondary N) is 1. The lowest BCUT2D eigenvalue weighted by molar-refractivity contribution is 0.348. The van der Waals surface area contributed by atoms with Crippen LogP contribution in [-0.4, -0.2) is 42.6 Å². The van der Waals surface area contributed by atoms with Crippen molar-refractivity contribution in [3.8, 4) is 0 Å². The van der Waals surface area contributed by atoms with Crippen molar-refractivity contribution in [3.05, 3.63) is 30.1 Å². The summed E-state index contributed by atoms with van der Waals surface area (Å²) in [5.41, 5.74) is 0.973.